The van der Waals surface area contributed by atoms with Crippen molar-refractivity contribution in [3.05, 3.63) is 16.1 Å². The zero-order chi connectivity index (χ0) is 13.0. The molecule has 1 aromatic rings. The summed E-state index contributed by atoms with van der Waals surface area (Å²) in [6, 6.07) is 0. The van der Waals surface area contributed by atoms with Gasteiger partial charge in [0, 0.05) is 50.3 Å². The number of aromatic nitrogens is 1. The lowest BCUT2D eigenvalue weighted by Crippen LogP contribution is -2.46. The predicted molar refractivity (Wildman–Crippen MR) is 70.8 cm³/mol. The molecule has 0 atom stereocenters. The van der Waals surface area contributed by atoms with Gasteiger partial charge in [-0.05, 0) is 6.92 Å². The van der Waals surface area contributed by atoms with Crippen molar-refractivity contribution in [1.29, 1.82) is 0 Å². The number of rotatable bonds is 5. The number of aryl methyl sites for hydroxylation is 1. The fourth-order valence-electron chi connectivity index (χ4n) is 2.12. The second kappa shape index (κ2) is 6.26. The molecule has 0 aromatic carbocycles. The second-order valence-corrected chi connectivity index (χ2v) is 5.93. The van der Waals surface area contributed by atoms with Crippen LogP contribution in [0.15, 0.2) is 6.20 Å². The lowest BCUT2D eigenvalue weighted by atomic mass is 10.3. The van der Waals surface area contributed by atoms with Crippen molar-refractivity contribution in [3.63, 3.8) is 0 Å². The highest BCUT2D eigenvalue weighted by Crippen LogP contribution is 2.15. The van der Waals surface area contributed by atoms with Crippen LogP contribution in [0.1, 0.15) is 16.3 Å². The Bertz CT molecular complexity index is 400. The number of nitrogens with zero attached hydrogens (tertiary/aromatic N) is 3. The Balaban J connectivity index is 1.71. The van der Waals surface area contributed by atoms with Gasteiger partial charge >= 0.3 is 5.97 Å². The van der Waals surface area contributed by atoms with E-state index in [0.717, 1.165) is 37.7 Å². The normalized spacial score (nSPS) is 18.1. The molecule has 2 heterocycles. The van der Waals surface area contributed by atoms with E-state index in [1.54, 1.807) is 11.3 Å². The number of hydrogen-bond donors (Lipinski definition) is 1. The van der Waals surface area contributed by atoms with Crippen LogP contribution in [-0.2, 0) is 11.3 Å². The van der Waals surface area contributed by atoms with Gasteiger partial charge in [-0.2, -0.15) is 0 Å². The van der Waals surface area contributed by atoms with E-state index in [2.05, 4.69) is 14.8 Å². The molecule has 6 heteroatoms. The van der Waals surface area contributed by atoms with Gasteiger partial charge in [-0.3, -0.25) is 9.69 Å². The third-order valence-electron chi connectivity index (χ3n) is 3.16. The standard InChI is InChI=1S/C12H19N3O2S/c1-10-13-8-11(18-10)9-15-6-4-14(5-7-15)3-2-12(16)17/h8H,2-7,9H2,1H3,(H,16,17). The van der Waals surface area contributed by atoms with E-state index in [1.807, 2.05) is 13.1 Å². The molecule has 5 nitrogen and oxygen atoms in total. The van der Waals surface area contributed by atoms with E-state index in [9.17, 15) is 4.79 Å². The molecule has 18 heavy (non-hydrogen) atoms. The smallest absolute Gasteiger partial charge is 0.304 e. The van der Waals surface area contributed by atoms with E-state index in [1.165, 1.54) is 4.88 Å². The van der Waals surface area contributed by atoms with Crippen molar-refractivity contribution in [1.82, 2.24) is 14.8 Å². The van der Waals surface area contributed by atoms with Crippen molar-refractivity contribution in [2.75, 3.05) is 32.7 Å². The van der Waals surface area contributed by atoms with Gasteiger partial charge in [-0.25, -0.2) is 4.98 Å². The number of carbonyl (C=O) groups is 1. The molecule has 1 saturated heterocycles. The third kappa shape index (κ3) is 4.04. The van der Waals surface area contributed by atoms with Crippen molar-refractivity contribution >= 4 is 17.3 Å². The number of piperazine rings is 1. The summed E-state index contributed by atoms with van der Waals surface area (Å²) in [7, 11) is 0. The van der Waals surface area contributed by atoms with Gasteiger partial charge in [0.1, 0.15) is 0 Å². The molecule has 2 rings (SSSR count). The van der Waals surface area contributed by atoms with Crippen LogP contribution in [0.3, 0.4) is 0 Å². The number of carboxylic acids is 1. The lowest BCUT2D eigenvalue weighted by molar-refractivity contribution is -0.137. The summed E-state index contributed by atoms with van der Waals surface area (Å²) in [6.07, 6.45) is 2.20. The molecule has 0 bridgehead atoms. The van der Waals surface area contributed by atoms with Crippen LogP contribution in [-0.4, -0.2) is 58.6 Å². The molecule has 1 N–H and O–H groups in total. The largest absolute Gasteiger partial charge is 0.481 e. The molecule has 100 valence electrons. The number of aliphatic carboxylic acids is 1. The zero-order valence-corrected chi connectivity index (χ0v) is 11.4. The van der Waals surface area contributed by atoms with Gasteiger partial charge in [-0.15, -0.1) is 11.3 Å². The lowest BCUT2D eigenvalue weighted by Gasteiger charge is -2.34. The molecule has 0 saturated carbocycles. The van der Waals surface area contributed by atoms with E-state index in [0.29, 0.717) is 6.54 Å². The minimum Gasteiger partial charge on any atom is -0.481 e. The van der Waals surface area contributed by atoms with Gasteiger partial charge in [-0.1, -0.05) is 0 Å². The predicted octanol–water partition coefficient (Wildman–Crippen LogP) is 1.04. The van der Waals surface area contributed by atoms with Gasteiger partial charge in [0.15, 0.2) is 0 Å². The maximum Gasteiger partial charge on any atom is 0.304 e. The quantitative estimate of drug-likeness (QED) is 0.865. The van der Waals surface area contributed by atoms with Crippen LogP contribution < -0.4 is 0 Å². The van der Waals surface area contributed by atoms with E-state index in [-0.39, 0.29) is 6.42 Å². The third-order valence-corrected chi connectivity index (χ3v) is 4.05. The highest BCUT2D eigenvalue weighted by Gasteiger charge is 2.17. The summed E-state index contributed by atoms with van der Waals surface area (Å²) in [5.41, 5.74) is 0. The first-order valence-corrected chi connectivity index (χ1v) is 7.03. The molecule has 0 radical (unpaired) electrons. The zero-order valence-electron chi connectivity index (χ0n) is 10.6. The number of thiazole rings is 1. The second-order valence-electron chi connectivity index (χ2n) is 4.61. The Labute approximate surface area is 111 Å². The van der Waals surface area contributed by atoms with Crippen LogP contribution in [0.2, 0.25) is 0 Å². The topological polar surface area (TPSA) is 56.7 Å². The van der Waals surface area contributed by atoms with Crippen molar-refractivity contribution in [3.8, 4) is 0 Å². The van der Waals surface area contributed by atoms with Crippen molar-refractivity contribution < 1.29 is 9.90 Å². The average molecular weight is 269 g/mol. The summed E-state index contributed by atoms with van der Waals surface area (Å²) >= 11 is 1.75. The van der Waals surface area contributed by atoms with Gasteiger partial charge < -0.3 is 10.0 Å². The molecular weight excluding hydrogens is 250 g/mol. The Kier molecular flexibility index (Phi) is 4.68. The fraction of sp³-hybridized carbons (Fsp3) is 0.667. The maximum atomic E-state index is 10.5. The monoisotopic (exact) mass is 269 g/mol. The first-order chi connectivity index (χ1) is 8.63. The van der Waals surface area contributed by atoms with Crippen LogP contribution in [0.5, 0.6) is 0 Å². The first-order valence-electron chi connectivity index (χ1n) is 6.21. The minimum absolute atomic E-state index is 0.244. The van der Waals surface area contributed by atoms with Crippen molar-refractivity contribution in [2.24, 2.45) is 0 Å². The molecule has 1 fully saturated rings. The van der Waals surface area contributed by atoms with Crippen molar-refractivity contribution in [2.45, 2.75) is 19.9 Å². The molecule has 0 unspecified atom stereocenters. The molecule has 0 aliphatic carbocycles. The molecule has 1 aromatic heterocycles. The Morgan fingerprint density at radius 3 is 2.61 bits per heavy atom. The van der Waals surface area contributed by atoms with Crippen LogP contribution in [0, 0.1) is 6.92 Å². The summed E-state index contributed by atoms with van der Waals surface area (Å²) in [6.45, 7) is 7.61. The van der Waals surface area contributed by atoms with Crippen LogP contribution in [0.4, 0.5) is 0 Å². The maximum absolute atomic E-state index is 10.5. The average Bonchev–Trinajstić information content (AvgIpc) is 2.74. The van der Waals surface area contributed by atoms with E-state index < -0.39 is 5.97 Å². The van der Waals surface area contributed by atoms with Gasteiger partial charge in [0.05, 0.1) is 11.4 Å². The van der Waals surface area contributed by atoms with E-state index in [4.69, 9.17) is 5.11 Å². The summed E-state index contributed by atoms with van der Waals surface area (Å²) in [4.78, 5) is 20.7. The summed E-state index contributed by atoms with van der Waals surface area (Å²) < 4.78 is 0. The molecule has 1 aliphatic rings. The molecule has 0 spiro atoms. The Morgan fingerprint density at radius 2 is 2.06 bits per heavy atom. The van der Waals surface area contributed by atoms with E-state index >= 15 is 0 Å². The Hall–Kier alpha value is -0.980. The highest BCUT2D eigenvalue weighted by atomic mass is 32.1. The summed E-state index contributed by atoms with van der Waals surface area (Å²) in [5.74, 6) is -0.711. The van der Waals surface area contributed by atoms with Gasteiger partial charge in [0.25, 0.3) is 0 Å². The molecule has 1 aliphatic heterocycles. The number of carboxylic acid groups (broad SMARTS) is 1. The molecular formula is C12H19N3O2S. The SMILES string of the molecule is Cc1ncc(CN2CCN(CCC(=O)O)CC2)s1. The summed E-state index contributed by atoms with van der Waals surface area (Å²) in [5, 5.41) is 9.77. The number of hydrogen-bond acceptors (Lipinski definition) is 5. The Morgan fingerprint density at radius 1 is 1.39 bits per heavy atom. The van der Waals surface area contributed by atoms with Crippen LogP contribution in [0.25, 0.3) is 0 Å². The fourth-order valence-corrected chi connectivity index (χ4v) is 2.96. The highest BCUT2D eigenvalue weighted by molar-refractivity contribution is 7.11. The van der Waals surface area contributed by atoms with Gasteiger partial charge in [0.2, 0.25) is 0 Å². The minimum atomic E-state index is -0.711. The van der Waals surface area contributed by atoms with Crippen LogP contribution >= 0.6 is 11.3 Å². The first kappa shape index (κ1) is 13.5. The molecule has 0 amide bonds.